The molecule has 0 spiro atoms. The highest BCUT2D eigenvalue weighted by Crippen LogP contribution is 2.22. The fourth-order valence-electron chi connectivity index (χ4n) is 1.30. The lowest BCUT2D eigenvalue weighted by molar-refractivity contribution is -0.115. The molecule has 2 N–H and O–H groups in total. The zero-order chi connectivity index (χ0) is 12.9. The molecule has 0 bridgehead atoms. The third kappa shape index (κ3) is 7.76. The van der Waals surface area contributed by atoms with Crippen molar-refractivity contribution in [1.82, 2.24) is 0 Å². The van der Waals surface area contributed by atoms with Crippen LogP contribution >= 0.6 is 31.9 Å². The molecule has 4 atom stereocenters. The maximum Gasteiger partial charge on any atom is 0.251 e. The molecular formula is C9H18Br2N2O2S. The zero-order valence-electron chi connectivity index (χ0n) is 9.65. The molecule has 16 heavy (non-hydrogen) atoms. The number of hydrogen-bond donors (Lipinski definition) is 1. The summed E-state index contributed by atoms with van der Waals surface area (Å²) in [5, 5.41) is 5.48. The van der Waals surface area contributed by atoms with Crippen LogP contribution in [-0.4, -0.2) is 25.5 Å². The fourth-order valence-corrected chi connectivity index (χ4v) is 3.62. The number of hydrogen-bond acceptors (Lipinski definition) is 2. The van der Waals surface area contributed by atoms with E-state index in [1.165, 1.54) is 6.92 Å². The summed E-state index contributed by atoms with van der Waals surface area (Å²) >= 11 is 6.98. The molecule has 4 nitrogen and oxygen atoms in total. The first kappa shape index (κ1) is 16.5. The van der Waals surface area contributed by atoms with Gasteiger partial charge in [-0.15, -0.1) is 4.36 Å². The van der Waals surface area contributed by atoms with E-state index in [1.54, 1.807) is 0 Å². The van der Waals surface area contributed by atoms with Gasteiger partial charge < -0.3 is 0 Å². The number of amides is 1. The van der Waals surface area contributed by atoms with Gasteiger partial charge in [-0.2, -0.15) is 0 Å². The van der Waals surface area contributed by atoms with Crippen LogP contribution in [0.3, 0.4) is 0 Å². The number of nitrogens with zero attached hydrogens (tertiary/aromatic N) is 1. The highest BCUT2D eigenvalue weighted by atomic mass is 79.9. The third-order valence-electron chi connectivity index (χ3n) is 1.93. The Morgan fingerprint density at radius 3 is 2.31 bits per heavy atom. The van der Waals surface area contributed by atoms with Crippen molar-refractivity contribution in [1.29, 1.82) is 0 Å². The van der Waals surface area contributed by atoms with Gasteiger partial charge in [0.05, 0.1) is 0 Å². The predicted molar refractivity (Wildman–Crippen MR) is 75.2 cm³/mol. The van der Waals surface area contributed by atoms with E-state index in [1.807, 2.05) is 13.8 Å². The van der Waals surface area contributed by atoms with Crippen LogP contribution < -0.4 is 5.14 Å². The number of nitrogens with two attached hydrogens (primary N) is 1. The standard InChI is InChI=1S/C9H18Br2N2O2S/c1-6(4-9(11)7(2)10)5-16(12,15)13-8(3)14/h6-7,9H,4-5H2,1-3H3,(H2,12,13,14,15)/t6-,7?,9?,16?/m0/s1. The van der Waals surface area contributed by atoms with Gasteiger partial charge in [0, 0.05) is 22.3 Å². The van der Waals surface area contributed by atoms with Crippen molar-refractivity contribution in [3.05, 3.63) is 0 Å². The smallest absolute Gasteiger partial charge is 0.251 e. The van der Waals surface area contributed by atoms with E-state index in [4.69, 9.17) is 5.14 Å². The van der Waals surface area contributed by atoms with Gasteiger partial charge in [0.2, 0.25) is 0 Å². The van der Waals surface area contributed by atoms with E-state index in [0.29, 0.717) is 4.83 Å². The average molecular weight is 378 g/mol. The van der Waals surface area contributed by atoms with Gasteiger partial charge >= 0.3 is 0 Å². The van der Waals surface area contributed by atoms with Crippen molar-refractivity contribution in [2.45, 2.75) is 36.8 Å². The zero-order valence-corrected chi connectivity index (χ0v) is 13.6. The predicted octanol–water partition coefficient (Wildman–Crippen LogP) is 2.45. The lowest BCUT2D eigenvalue weighted by Crippen LogP contribution is -2.25. The summed E-state index contributed by atoms with van der Waals surface area (Å²) in [4.78, 5) is 11.3. The minimum Gasteiger partial charge on any atom is -0.272 e. The molecule has 7 heteroatoms. The minimum atomic E-state index is -2.86. The summed E-state index contributed by atoms with van der Waals surface area (Å²) < 4.78 is 15.2. The molecular weight excluding hydrogens is 360 g/mol. The van der Waals surface area contributed by atoms with Gasteiger partial charge in [-0.3, -0.25) is 4.79 Å². The fraction of sp³-hybridized carbons (Fsp3) is 0.889. The van der Waals surface area contributed by atoms with E-state index in [2.05, 4.69) is 36.2 Å². The van der Waals surface area contributed by atoms with Crippen LogP contribution in [0.2, 0.25) is 0 Å². The molecule has 0 heterocycles. The van der Waals surface area contributed by atoms with Gasteiger partial charge in [-0.05, 0) is 12.3 Å². The molecule has 0 aliphatic rings. The van der Waals surface area contributed by atoms with Crippen LogP contribution in [0.5, 0.6) is 0 Å². The lowest BCUT2D eigenvalue weighted by Gasteiger charge is -2.18. The molecule has 1 amide bonds. The second-order valence-corrected chi connectivity index (χ2v) is 8.52. The number of rotatable bonds is 5. The average Bonchev–Trinajstić information content (AvgIpc) is 1.98. The van der Waals surface area contributed by atoms with Crippen LogP contribution in [0.15, 0.2) is 4.36 Å². The summed E-state index contributed by atoms with van der Waals surface area (Å²) in [7, 11) is -2.86. The Balaban J connectivity index is 4.41. The summed E-state index contributed by atoms with van der Waals surface area (Å²) in [6.07, 6.45) is 0.827. The highest BCUT2D eigenvalue weighted by molar-refractivity contribution is 9.12. The van der Waals surface area contributed by atoms with E-state index >= 15 is 0 Å². The van der Waals surface area contributed by atoms with E-state index in [9.17, 15) is 9.00 Å². The van der Waals surface area contributed by atoms with Crippen LogP contribution in [0.1, 0.15) is 27.2 Å². The first-order valence-electron chi connectivity index (χ1n) is 4.95. The second-order valence-electron chi connectivity index (χ2n) is 4.00. The maximum absolute atomic E-state index is 11.7. The Labute approximate surface area is 114 Å². The highest BCUT2D eigenvalue weighted by Gasteiger charge is 2.18. The molecule has 0 radical (unpaired) electrons. The first-order chi connectivity index (χ1) is 7.14. The lowest BCUT2D eigenvalue weighted by atomic mass is 10.1. The Morgan fingerprint density at radius 1 is 1.44 bits per heavy atom. The number of halogens is 2. The summed E-state index contributed by atoms with van der Waals surface area (Å²) in [6.45, 7) is 5.24. The summed E-state index contributed by atoms with van der Waals surface area (Å²) in [5.41, 5.74) is 0. The molecule has 0 saturated carbocycles. The molecule has 0 aromatic heterocycles. The Morgan fingerprint density at radius 2 is 1.94 bits per heavy atom. The van der Waals surface area contributed by atoms with Crippen molar-refractivity contribution in [3.8, 4) is 0 Å². The van der Waals surface area contributed by atoms with Crippen molar-refractivity contribution in [3.63, 3.8) is 0 Å². The minimum absolute atomic E-state index is 0.143. The Kier molecular flexibility index (Phi) is 7.32. The molecule has 0 aliphatic carbocycles. The van der Waals surface area contributed by atoms with Crippen LogP contribution in [0, 0.1) is 5.92 Å². The van der Waals surface area contributed by atoms with Gasteiger partial charge in [-0.25, -0.2) is 9.35 Å². The molecule has 96 valence electrons. The summed E-state index contributed by atoms with van der Waals surface area (Å²) in [5.74, 6) is -0.0945. The molecule has 0 aliphatic heterocycles. The monoisotopic (exact) mass is 376 g/mol. The summed E-state index contributed by atoms with van der Waals surface area (Å²) in [6, 6.07) is 0. The number of carbonyl (C=O) groups is 1. The van der Waals surface area contributed by atoms with Crippen LogP contribution in [0.4, 0.5) is 0 Å². The SMILES string of the molecule is CC(=O)N=S(N)(=O)C[C@@H](C)CC(Br)C(C)Br. The van der Waals surface area contributed by atoms with E-state index in [0.717, 1.165) is 6.42 Å². The molecule has 0 rings (SSSR count). The van der Waals surface area contributed by atoms with Gasteiger partial charge in [0.1, 0.15) is 9.92 Å². The van der Waals surface area contributed by atoms with Crippen LogP contribution in [-0.2, 0) is 14.7 Å². The van der Waals surface area contributed by atoms with Gasteiger partial charge in [0.25, 0.3) is 5.91 Å². The van der Waals surface area contributed by atoms with Gasteiger partial charge in [0.15, 0.2) is 0 Å². The number of carbonyl (C=O) groups excluding carboxylic acids is 1. The molecule has 0 aromatic carbocycles. The Bertz CT molecular complexity index is 351. The van der Waals surface area contributed by atoms with Gasteiger partial charge in [-0.1, -0.05) is 45.7 Å². The molecule has 0 fully saturated rings. The van der Waals surface area contributed by atoms with E-state index in [-0.39, 0.29) is 16.5 Å². The normalized spacial score (nSPS) is 20.6. The Hall–Kier alpha value is 0.540. The molecule has 0 aromatic rings. The topological polar surface area (TPSA) is 72.5 Å². The van der Waals surface area contributed by atoms with E-state index < -0.39 is 15.8 Å². The maximum atomic E-state index is 11.7. The van der Waals surface area contributed by atoms with Crippen molar-refractivity contribution < 1.29 is 9.00 Å². The van der Waals surface area contributed by atoms with Crippen molar-refractivity contribution in [2.24, 2.45) is 15.4 Å². The third-order valence-corrected chi connectivity index (χ3v) is 6.06. The quantitative estimate of drug-likeness (QED) is 0.747. The van der Waals surface area contributed by atoms with Crippen molar-refractivity contribution >= 4 is 47.7 Å². The number of alkyl halides is 2. The molecule has 0 saturated heterocycles. The van der Waals surface area contributed by atoms with Crippen LogP contribution in [0.25, 0.3) is 0 Å². The first-order valence-corrected chi connectivity index (χ1v) is 8.53. The van der Waals surface area contributed by atoms with Crippen molar-refractivity contribution in [2.75, 3.05) is 5.75 Å². The molecule has 3 unspecified atom stereocenters. The largest absolute Gasteiger partial charge is 0.272 e. The second kappa shape index (κ2) is 7.08.